The van der Waals surface area contributed by atoms with Gasteiger partial charge in [0.25, 0.3) is 0 Å². The quantitative estimate of drug-likeness (QED) is 0.867. The van der Waals surface area contributed by atoms with Crippen LogP contribution in [0.15, 0.2) is 6.07 Å². The molecule has 1 aromatic rings. The summed E-state index contributed by atoms with van der Waals surface area (Å²) in [6, 6.07) is 0.806. The van der Waals surface area contributed by atoms with Crippen molar-refractivity contribution in [1.82, 2.24) is 0 Å². The average molecular weight is 289 g/mol. The summed E-state index contributed by atoms with van der Waals surface area (Å²) in [5, 5.41) is 9.10. The lowest BCUT2D eigenvalue weighted by atomic mass is 10.2. The van der Waals surface area contributed by atoms with Crippen LogP contribution in [-0.2, 0) is 14.8 Å². The van der Waals surface area contributed by atoms with Crippen LogP contribution in [0.25, 0.3) is 0 Å². The van der Waals surface area contributed by atoms with Crippen molar-refractivity contribution in [2.75, 3.05) is 7.11 Å². The molecular formula is C8H7Cl2FO4S. The normalized spacial score (nSPS) is 11.5. The van der Waals surface area contributed by atoms with Crippen LogP contribution < -0.4 is 4.74 Å². The second-order valence-electron chi connectivity index (χ2n) is 2.90. The first-order valence-electron chi connectivity index (χ1n) is 3.92. The molecule has 0 aromatic heterocycles. The summed E-state index contributed by atoms with van der Waals surface area (Å²) in [7, 11) is 2.24. The van der Waals surface area contributed by atoms with Crippen LogP contribution in [0.2, 0.25) is 5.02 Å². The van der Waals surface area contributed by atoms with Gasteiger partial charge in [-0.2, -0.15) is 0 Å². The smallest absolute Gasteiger partial charge is 0.236 e. The predicted molar refractivity (Wildman–Crippen MR) is 58.1 cm³/mol. The number of rotatable bonds is 3. The van der Waals surface area contributed by atoms with E-state index in [2.05, 4.69) is 4.74 Å². The van der Waals surface area contributed by atoms with Crippen molar-refractivity contribution in [1.29, 1.82) is 0 Å². The molecule has 0 fully saturated rings. The Hall–Kier alpha value is -0.720. The summed E-state index contributed by atoms with van der Waals surface area (Å²) in [5.41, 5.74) is -0.224. The van der Waals surface area contributed by atoms with Crippen molar-refractivity contribution >= 4 is 31.3 Å². The molecule has 90 valence electrons. The third-order valence-corrected chi connectivity index (χ3v) is 3.10. The minimum Gasteiger partial charge on any atom is -0.506 e. The highest BCUT2D eigenvalue weighted by Crippen LogP contribution is 2.39. The van der Waals surface area contributed by atoms with Gasteiger partial charge < -0.3 is 9.84 Å². The molecule has 16 heavy (non-hydrogen) atoms. The molecule has 8 heteroatoms. The minimum absolute atomic E-state index is 0.224. The Bertz CT molecular complexity index is 515. The van der Waals surface area contributed by atoms with E-state index in [0.29, 0.717) is 0 Å². The SMILES string of the molecule is COc1c(F)cc(CS(=O)(=O)Cl)c(O)c1Cl. The summed E-state index contributed by atoms with van der Waals surface area (Å²) < 4.78 is 39.5. The lowest BCUT2D eigenvalue weighted by Crippen LogP contribution is -1.99. The zero-order valence-corrected chi connectivity index (χ0v) is 10.3. The van der Waals surface area contributed by atoms with Crippen molar-refractivity contribution in [3.63, 3.8) is 0 Å². The van der Waals surface area contributed by atoms with E-state index in [4.69, 9.17) is 22.3 Å². The van der Waals surface area contributed by atoms with E-state index in [1.807, 2.05) is 0 Å². The Morgan fingerprint density at radius 3 is 2.56 bits per heavy atom. The molecule has 0 aliphatic rings. The maximum Gasteiger partial charge on any atom is 0.236 e. The summed E-state index contributed by atoms with van der Waals surface area (Å²) in [6.07, 6.45) is 0. The summed E-state index contributed by atoms with van der Waals surface area (Å²) in [6.45, 7) is 0. The van der Waals surface area contributed by atoms with Gasteiger partial charge in [0.2, 0.25) is 9.05 Å². The largest absolute Gasteiger partial charge is 0.506 e. The van der Waals surface area contributed by atoms with Gasteiger partial charge >= 0.3 is 0 Å². The third-order valence-electron chi connectivity index (χ3n) is 1.76. The molecule has 1 aromatic carbocycles. The maximum atomic E-state index is 13.3. The van der Waals surface area contributed by atoms with Gasteiger partial charge in [0, 0.05) is 16.2 Å². The van der Waals surface area contributed by atoms with Crippen molar-refractivity contribution in [3.8, 4) is 11.5 Å². The van der Waals surface area contributed by atoms with Gasteiger partial charge in [-0.25, -0.2) is 12.8 Å². The number of halogens is 3. The summed E-state index contributed by atoms with van der Waals surface area (Å²) in [5.74, 6) is -2.51. The molecule has 0 saturated heterocycles. The molecule has 4 nitrogen and oxygen atoms in total. The van der Waals surface area contributed by atoms with E-state index in [0.717, 1.165) is 6.07 Å². The van der Waals surface area contributed by atoms with Gasteiger partial charge in [0.1, 0.15) is 10.8 Å². The standard InChI is InChI=1S/C8H7Cl2FO4S/c1-15-8-5(11)2-4(3-16(10,13)14)7(12)6(8)9/h2,12H,3H2,1H3. The molecule has 0 aliphatic heterocycles. The van der Waals surface area contributed by atoms with E-state index < -0.39 is 31.4 Å². The topological polar surface area (TPSA) is 63.6 Å². The first kappa shape index (κ1) is 13.3. The number of ether oxygens (including phenoxy) is 1. The molecule has 0 atom stereocenters. The van der Waals surface area contributed by atoms with Gasteiger partial charge in [0.15, 0.2) is 11.6 Å². The molecule has 0 spiro atoms. The molecule has 1 N–H and O–H groups in total. The minimum atomic E-state index is -3.91. The van der Waals surface area contributed by atoms with E-state index in [1.165, 1.54) is 7.11 Å². The highest BCUT2D eigenvalue weighted by atomic mass is 35.7. The van der Waals surface area contributed by atoms with E-state index in [1.54, 1.807) is 0 Å². The number of phenols is 1. The molecule has 0 bridgehead atoms. The van der Waals surface area contributed by atoms with E-state index in [-0.39, 0.29) is 11.3 Å². The van der Waals surface area contributed by atoms with Crippen molar-refractivity contribution < 1.29 is 22.7 Å². The fourth-order valence-corrected chi connectivity index (χ4v) is 2.36. The molecule has 0 radical (unpaired) electrons. The summed E-state index contributed by atoms with van der Waals surface area (Å²) in [4.78, 5) is 0. The van der Waals surface area contributed by atoms with Crippen LogP contribution in [0.5, 0.6) is 11.5 Å². The number of hydrogen-bond donors (Lipinski definition) is 1. The second kappa shape index (κ2) is 4.65. The molecule has 0 aliphatic carbocycles. The number of aromatic hydroxyl groups is 1. The van der Waals surface area contributed by atoms with Gasteiger partial charge in [0.05, 0.1) is 12.9 Å². The van der Waals surface area contributed by atoms with Gasteiger partial charge in [-0.05, 0) is 6.07 Å². The molecule has 0 unspecified atom stereocenters. The van der Waals surface area contributed by atoms with Crippen molar-refractivity contribution in [3.05, 3.63) is 22.5 Å². The predicted octanol–water partition coefficient (Wildman–Crippen LogP) is 2.26. The van der Waals surface area contributed by atoms with Crippen LogP contribution in [0.4, 0.5) is 4.39 Å². The molecule has 1 rings (SSSR count). The Morgan fingerprint density at radius 1 is 1.56 bits per heavy atom. The van der Waals surface area contributed by atoms with Crippen LogP contribution in [0, 0.1) is 5.82 Å². The number of benzene rings is 1. The van der Waals surface area contributed by atoms with E-state index in [9.17, 15) is 17.9 Å². The van der Waals surface area contributed by atoms with Gasteiger partial charge in [-0.1, -0.05) is 11.6 Å². The Kier molecular flexibility index (Phi) is 3.88. The Balaban J connectivity index is 3.34. The highest BCUT2D eigenvalue weighted by Gasteiger charge is 2.20. The fourth-order valence-electron chi connectivity index (χ4n) is 1.12. The molecule has 0 heterocycles. The van der Waals surface area contributed by atoms with Crippen molar-refractivity contribution in [2.45, 2.75) is 5.75 Å². The lowest BCUT2D eigenvalue weighted by Gasteiger charge is -2.09. The highest BCUT2D eigenvalue weighted by molar-refractivity contribution is 8.13. The zero-order valence-electron chi connectivity index (χ0n) is 8.00. The Morgan fingerprint density at radius 2 is 2.12 bits per heavy atom. The average Bonchev–Trinajstić information content (AvgIpc) is 2.12. The second-order valence-corrected chi connectivity index (χ2v) is 6.05. The van der Waals surface area contributed by atoms with Gasteiger partial charge in [-0.15, -0.1) is 0 Å². The zero-order chi connectivity index (χ0) is 12.5. The van der Waals surface area contributed by atoms with Crippen LogP contribution in [0.3, 0.4) is 0 Å². The molecule has 0 saturated carbocycles. The number of methoxy groups -OCH3 is 1. The van der Waals surface area contributed by atoms with E-state index >= 15 is 0 Å². The molecule has 0 amide bonds. The van der Waals surface area contributed by atoms with Crippen molar-refractivity contribution in [2.24, 2.45) is 0 Å². The third kappa shape index (κ3) is 2.90. The lowest BCUT2D eigenvalue weighted by molar-refractivity contribution is 0.380. The maximum absolute atomic E-state index is 13.3. The first-order chi connectivity index (χ1) is 7.26. The van der Waals surface area contributed by atoms with Crippen LogP contribution in [0.1, 0.15) is 5.56 Å². The number of phenolic OH excluding ortho intramolecular Hbond substituents is 1. The number of hydrogen-bond acceptors (Lipinski definition) is 4. The monoisotopic (exact) mass is 288 g/mol. The Labute approximate surface area is 101 Å². The van der Waals surface area contributed by atoms with Crippen LogP contribution >= 0.6 is 22.3 Å². The summed E-state index contributed by atoms with van der Waals surface area (Å²) >= 11 is 5.58. The first-order valence-corrected chi connectivity index (χ1v) is 6.78. The van der Waals surface area contributed by atoms with Gasteiger partial charge in [-0.3, -0.25) is 0 Å². The fraction of sp³-hybridized carbons (Fsp3) is 0.250. The molecular weight excluding hydrogens is 282 g/mol. The van der Waals surface area contributed by atoms with Crippen LogP contribution in [-0.4, -0.2) is 20.6 Å².